The molecule has 0 aliphatic heterocycles. The molecule has 0 rings (SSSR count). The summed E-state index contributed by atoms with van der Waals surface area (Å²) in [4.78, 5) is 34.5. The van der Waals surface area contributed by atoms with Crippen LogP contribution in [-0.2, 0) is 32.7 Å². The van der Waals surface area contributed by atoms with E-state index in [1.165, 1.54) is 109 Å². The average Bonchev–Trinajstić information content (AvgIpc) is 3.15. The van der Waals surface area contributed by atoms with Crippen LogP contribution in [-0.4, -0.2) is 43.3 Å². The number of phosphoric ester groups is 1. The fourth-order valence-electron chi connectivity index (χ4n) is 5.98. The Balaban J connectivity index is 4.00. The second-order valence-corrected chi connectivity index (χ2v) is 16.0. The van der Waals surface area contributed by atoms with Gasteiger partial charge in [0.05, 0.1) is 6.61 Å². The number of allylic oxidation sites excluding steroid dienone is 6. The molecule has 9 heteroatoms. The van der Waals surface area contributed by atoms with E-state index in [4.69, 9.17) is 14.0 Å². The van der Waals surface area contributed by atoms with Gasteiger partial charge in [0.1, 0.15) is 6.61 Å². The lowest BCUT2D eigenvalue weighted by atomic mass is 10.1. The van der Waals surface area contributed by atoms with Crippen LogP contribution in [0.3, 0.4) is 0 Å². The van der Waals surface area contributed by atoms with E-state index in [-0.39, 0.29) is 25.4 Å². The van der Waals surface area contributed by atoms with Crippen molar-refractivity contribution >= 4 is 19.8 Å². The van der Waals surface area contributed by atoms with Crippen LogP contribution in [0, 0.1) is 0 Å². The first-order valence-corrected chi connectivity index (χ1v) is 23.2. The fourth-order valence-corrected chi connectivity index (χ4v) is 6.44. The van der Waals surface area contributed by atoms with E-state index in [2.05, 4.69) is 54.8 Å². The zero-order valence-electron chi connectivity index (χ0n) is 34.4. The van der Waals surface area contributed by atoms with Gasteiger partial charge in [-0.3, -0.25) is 18.6 Å². The van der Waals surface area contributed by atoms with Crippen molar-refractivity contribution in [3.8, 4) is 0 Å². The van der Waals surface area contributed by atoms with Crippen molar-refractivity contribution in [3.63, 3.8) is 0 Å². The Kier molecular flexibility index (Phi) is 38.6. The molecule has 2 unspecified atom stereocenters. The van der Waals surface area contributed by atoms with Gasteiger partial charge in [0.2, 0.25) is 0 Å². The molecule has 0 fully saturated rings. The van der Waals surface area contributed by atoms with Crippen LogP contribution < -0.4 is 0 Å². The summed E-state index contributed by atoms with van der Waals surface area (Å²) in [5.74, 6) is -0.815. The third-order valence-corrected chi connectivity index (χ3v) is 10.3. The molecule has 0 radical (unpaired) electrons. The van der Waals surface area contributed by atoms with Gasteiger partial charge in [-0.15, -0.1) is 0 Å². The summed E-state index contributed by atoms with van der Waals surface area (Å²) < 4.78 is 32.0. The van der Waals surface area contributed by atoms with Crippen molar-refractivity contribution in [2.45, 2.75) is 213 Å². The summed E-state index contributed by atoms with van der Waals surface area (Å²) in [5.41, 5.74) is 0. The Hall–Kier alpha value is -1.73. The van der Waals surface area contributed by atoms with Gasteiger partial charge in [-0.25, -0.2) is 4.57 Å². The van der Waals surface area contributed by atoms with E-state index in [1.54, 1.807) is 0 Å². The van der Waals surface area contributed by atoms with Crippen LogP contribution in [0.1, 0.15) is 206 Å². The number of esters is 2. The highest BCUT2D eigenvalue weighted by atomic mass is 31.2. The number of hydrogen-bond acceptors (Lipinski definition) is 7. The van der Waals surface area contributed by atoms with Crippen molar-refractivity contribution in [1.29, 1.82) is 0 Å². The van der Waals surface area contributed by atoms with Crippen molar-refractivity contribution < 1.29 is 37.6 Å². The standard InChI is InChI=1S/C44H81O8P/c1-4-6-8-10-12-14-16-18-20-21-22-23-25-27-29-31-33-35-37-39-44(46)52-42(41-51-53(47,48)49-3)40-50-43(45)38-36-34-32-30-28-26-24-19-17-15-13-11-9-7-5-2/h12,14,18-20,24,42H,4-11,13,15-17,21-23,25-41H2,1-3H3,(H,47,48)/b14-12-,20-18-,24-19-. The number of rotatable bonds is 40. The minimum Gasteiger partial charge on any atom is -0.462 e. The molecule has 0 spiro atoms. The first-order valence-electron chi connectivity index (χ1n) is 21.7. The van der Waals surface area contributed by atoms with Crippen molar-refractivity contribution in [1.82, 2.24) is 0 Å². The lowest BCUT2D eigenvalue weighted by Crippen LogP contribution is -2.29. The smallest absolute Gasteiger partial charge is 0.462 e. The Morgan fingerprint density at radius 2 is 0.906 bits per heavy atom. The summed E-state index contributed by atoms with van der Waals surface area (Å²) in [7, 11) is -3.20. The molecular weight excluding hydrogens is 687 g/mol. The van der Waals surface area contributed by atoms with E-state index in [0.29, 0.717) is 6.42 Å². The first-order chi connectivity index (χ1) is 25.8. The number of unbranched alkanes of at least 4 members (excludes halogenated alkanes) is 23. The molecule has 0 heterocycles. The second kappa shape index (κ2) is 39.9. The molecule has 310 valence electrons. The zero-order chi connectivity index (χ0) is 38.9. The predicted octanol–water partition coefficient (Wildman–Crippen LogP) is 13.6. The lowest BCUT2D eigenvalue weighted by Gasteiger charge is -2.19. The van der Waals surface area contributed by atoms with Gasteiger partial charge in [-0.1, -0.05) is 159 Å². The molecule has 2 atom stereocenters. The van der Waals surface area contributed by atoms with Crippen LogP contribution in [0.5, 0.6) is 0 Å². The second-order valence-electron chi connectivity index (χ2n) is 14.5. The molecule has 0 aromatic carbocycles. The van der Waals surface area contributed by atoms with Gasteiger partial charge < -0.3 is 14.4 Å². The molecule has 0 aromatic heterocycles. The highest BCUT2D eigenvalue weighted by molar-refractivity contribution is 7.47. The van der Waals surface area contributed by atoms with E-state index in [1.807, 2.05) is 0 Å². The molecular formula is C44H81O8P. The summed E-state index contributed by atoms with van der Waals surface area (Å²) in [6.07, 6.45) is 46.2. The molecule has 0 aliphatic rings. The van der Waals surface area contributed by atoms with Gasteiger partial charge in [0.15, 0.2) is 6.10 Å². The number of phosphoric acid groups is 1. The van der Waals surface area contributed by atoms with E-state index >= 15 is 0 Å². The molecule has 0 saturated heterocycles. The summed E-state index contributed by atoms with van der Waals surface area (Å²) >= 11 is 0. The van der Waals surface area contributed by atoms with Gasteiger partial charge >= 0.3 is 19.8 Å². The minimum absolute atomic E-state index is 0.230. The van der Waals surface area contributed by atoms with E-state index < -0.39 is 26.5 Å². The number of hydrogen-bond donors (Lipinski definition) is 1. The summed E-state index contributed by atoms with van der Waals surface area (Å²) in [5, 5.41) is 0. The van der Waals surface area contributed by atoms with Gasteiger partial charge in [0.25, 0.3) is 0 Å². The fraction of sp³-hybridized carbons (Fsp3) is 0.818. The Morgan fingerprint density at radius 3 is 1.38 bits per heavy atom. The number of carbonyl (C=O) groups excluding carboxylic acids is 2. The van der Waals surface area contributed by atoms with Crippen LogP contribution in [0.4, 0.5) is 0 Å². The quantitative estimate of drug-likeness (QED) is 0.0284. The lowest BCUT2D eigenvalue weighted by molar-refractivity contribution is -0.161. The Bertz CT molecular complexity index is 963. The summed E-state index contributed by atoms with van der Waals surface area (Å²) in [6, 6.07) is 0. The van der Waals surface area contributed by atoms with Crippen LogP contribution in [0.25, 0.3) is 0 Å². The third-order valence-electron chi connectivity index (χ3n) is 9.36. The molecule has 8 nitrogen and oxygen atoms in total. The maximum Gasteiger partial charge on any atom is 0.472 e. The van der Waals surface area contributed by atoms with Crippen LogP contribution >= 0.6 is 7.82 Å². The van der Waals surface area contributed by atoms with Gasteiger partial charge in [-0.2, -0.15) is 0 Å². The molecule has 0 aromatic rings. The normalized spacial score (nSPS) is 13.7. The first kappa shape index (κ1) is 51.3. The number of ether oxygens (including phenoxy) is 2. The Labute approximate surface area is 325 Å². The molecule has 0 bridgehead atoms. The maximum absolute atomic E-state index is 12.5. The van der Waals surface area contributed by atoms with Crippen molar-refractivity contribution in [3.05, 3.63) is 36.5 Å². The molecule has 0 aliphatic carbocycles. The molecule has 0 saturated carbocycles. The van der Waals surface area contributed by atoms with Gasteiger partial charge in [0, 0.05) is 20.0 Å². The van der Waals surface area contributed by atoms with Gasteiger partial charge in [-0.05, 0) is 70.6 Å². The molecule has 1 N–H and O–H groups in total. The minimum atomic E-state index is -4.26. The highest BCUT2D eigenvalue weighted by Crippen LogP contribution is 2.42. The predicted molar refractivity (Wildman–Crippen MR) is 221 cm³/mol. The maximum atomic E-state index is 12.5. The average molecular weight is 769 g/mol. The highest BCUT2D eigenvalue weighted by Gasteiger charge is 2.24. The van der Waals surface area contributed by atoms with Crippen LogP contribution in [0.15, 0.2) is 36.5 Å². The van der Waals surface area contributed by atoms with E-state index in [0.717, 1.165) is 71.3 Å². The van der Waals surface area contributed by atoms with Crippen molar-refractivity contribution in [2.24, 2.45) is 0 Å². The topological polar surface area (TPSA) is 108 Å². The number of carbonyl (C=O) groups is 2. The summed E-state index contributed by atoms with van der Waals surface area (Å²) in [6.45, 7) is 3.86. The molecule has 53 heavy (non-hydrogen) atoms. The zero-order valence-corrected chi connectivity index (χ0v) is 35.3. The monoisotopic (exact) mass is 769 g/mol. The van der Waals surface area contributed by atoms with E-state index in [9.17, 15) is 19.0 Å². The largest absolute Gasteiger partial charge is 0.472 e. The van der Waals surface area contributed by atoms with Crippen molar-refractivity contribution in [2.75, 3.05) is 20.3 Å². The van der Waals surface area contributed by atoms with Crippen LogP contribution in [0.2, 0.25) is 0 Å². The molecule has 0 amide bonds. The SMILES string of the molecule is CCCCC/C=C\C/C=C\CCCCCCCCCCCC(=O)OC(COC(=O)CCCCCCC/C=C\CCCCCCCC)COP(=O)(O)OC. The third kappa shape index (κ3) is 39.8. The Morgan fingerprint density at radius 1 is 0.528 bits per heavy atom.